The molecule has 0 aromatic carbocycles. The molecule has 0 saturated carbocycles. The molecule has 24 atom stereocenters. The minimum atomic E-state index is -2.13. The molecule has 4 heterocycles. The third kappa shape index (κ3) is 11.7. The topological polar surface area (TPSA) is 430 Å². The van der Waals surface area contributed by atoms with Gasteiger partial charge in [0.15, 0.2) is 25.2 Å². The Kier molecular flexibility index (Phi) is 20.1. The van der Waals surface area contributed by atoms with Crippen LogP contribution in [0, 0.1) is 0 Å². The van der Waals surface area contributed by atoms with Gasteiger partial charge in [0.25, 0.3) is 0 Å². The van der Waals surface area contributed by atoms with Crippen LogP contribution in [0.25, 0.3) is 0 Å². The molecule has 0 aromatic rings. The van der Waals surface area contributed by atoms with Crippen molar-refractivity contribution < 1.29 is 125 Å². The van der Waals surface area contributed by atoms with Gasteiger partial charge < -0.3 is 130 Å². The zero-order chi connectivity index (χ0) is 43.9. The maximum absolute atomic E-state index is 11.1. The third-order valence-electron chi connectivity index (χ3n) is 10.4. The van der Waals surface area contributed by atoms with E-state index in [4.69, 9.17) is 37.9 Å². The van der Waals surface area contributed by atoms with Crippen molar-refractivity contribution in [3.8, 4) is 0 Å². The fourth-order valence-electron chi connectivity index (χ4n) is 6.97. The maximum atomic E-state index is 11.1. The SMILES string of the molecule is OC[C@@H](O)[C@@H](O[C@H]1O[C@H](CO)[C@@H](O[C@H]2O[C@H](CO)[C@@H](O[C@H]3O[C@H](CO)[C@@H](O[C@H]4O[C@H](CO)[C@@H](O)[C@H](O)[C@H]4O)[C@H](O)[C@H]3O)[C@H](O)[C@H]2O)[C@H](O)[C@H]1O)[C@H](O)[C@@H](O)CNCCS. The Hall–Kier alpha value is -0.690. The first-order chi connectivity index (χ1) is 28.0. The molecule has 0 spiro atoms. The molecule has 27 heteroatoms. The van der Waals surface area contributed by atoms with E-state index >= 15 is 0 Å². The molecule has 4 rings (SSSR count). The van der Waals surface area contributed by atoms with Crippen LogP contribution in [-0.4, -0.2) is 286 Å². The first kappa shape index (κ1) is 50.9. The molecule has 0 amide bonds. The number of hydrogen-bond acceptors (Lipinski definition) is 27. The Morgan fingerprint density at radius 1 is 0.475 bits per heavy atom. The van der Waals surface area contributed by atoms with Crippen LogP contribution < -0.4 is 5.32 Å². The molecule has 0 aliphatic carbocycles. The van der Waals surface area contributed by atoms with Gasteiger partial charge in [-0.15, -0.1) is 0 Å². The van der Waals surface area contributed by atoms with Crippen LogP contribution in [0.2, 0.25) is 0 Å². The second-order valence-corrected chi connectivity index (χ2v) is 14.9. The molecule has 348 valence electrons. The first-order valence-electron chi connectivity index (χ1n) is 18.8. The van der Waals surface area contributed by atoms with Crippen molar-refractivity contribution in [1.29, 1.82) is 0 Å². The fraction of sp³-hybridized carbons (Fsp3) is 1.00. The molecule has 0 unspecified atom stereocenters. The van der Waals surface area contributed by atoms with Gasteiger partial charge in [0.1, 0.15) is 116 Å². The number of thiol groups is 1. The van der Waals surface area contributed by atoms with Crippen LogP contribution in [0.3, 0.4) is 0 Å². The Morgan fingerprint density at radius 3 is 1.24 bits per heavy atom. The van der Waals surface area contributed by atoms with Gasteiger partial charge in [-0.3, -0.25) is 0 Å². The number of ether oxygens (including phenoxy) is 8. The van der Waals surface area contributed by atoms with E-state index in [1.807, 2.05) is 0 Å². The molecule has 0 bridgehead atoms. The second kappa shape index (κ2) is 23.3. The highest BCUT2D eigenvalue weighted by atomic mass is 32.1. The molecule has 0 aromatic heterocycles. The summed E-state index contributed by atoms with van der Waals surface area (Å²) in [5.41, 5.74) is 0. The predicted molar refractivity (Wildman–Crippen MR) is 188 cm³/mol. The Bertz CT molecular complexity index is 1220. The predicted octanol–water partition coefficient (Wildman–Crippen LogP) is -11.8. The minimum absolute atomic E-state index is 0.203. The van der Waals surface area contributed by atoms with Gasteiger partial charge in [-0.2, -0.15) is 12.6 Å². The van der Waals surface area contributed by atoms with E-state index < -0.39 is 180 Å². The average Bonchev–Trinajstić information content (AvgIpc) is 3.23. The van der Waals surface area contributed by atoms with Gasteiger partial charge in [-0.1, -0.05) is 0 Å². The Balaban J connectivity index is 1.41. The van der Waals surface area contributed by atoms with Crippen molar-refractivity contribution >= 4 is 12.6 Å². The summed E-state index contributed by atoms with van der Waals surface area (Å²) in [6, 6.07) is 0. The molecule has 26 nitrogen and oxygen atoms in total. The summed E-state index contributed by atoms with van der Waals surface area (Å²) < 4.78 is 44.2. The van der Waals surface area contributed by atoms with E-state index in [2.05, 4.69) is 17.9 Å². The molecular weight excluding hydrogens is 830 g/mol. The first-order valence-corrected chi connectivity index (χ1v) is 19.4. The van der Waals surface area contributed by atoms with Crippen molar-refractivity contribution in [3.63, 3.8) is 0 Å². The largest absolute Gasteiger partial charge is 0.394 e. The summed E-state index contributed by atoms with van der Waals surface area (Å²) in [5.74, 6) is 0.388. The van der Waals surface area contributed by atoms with E-state index in [1.165, 1.54) is 0 Å². The van der Waals surface area contributed by atoms with E-state index in [0.717, 1.165) is 0 Å². The molecule has 18 N–H and O–H groups in total. The zero-order valence-corrected chi connectivity index (χ0v) is 32.2. The number of aliphatic hydroxyl groups excluding tert-OH is 17. The second-order valence-electron chi connectivity index (χ2n) is 14.5. The van der Waals surface area contributed by atoms with E-state index in [9.17, 15) is 86.8 Å². The molecule has 4 saturated heterocycles. The zero-order valence-electron chi connectivity index (χ0n) is 31.3. The Morgan fingerprint density at radius 2 is 0.847 bits per heavy atom. The maximum Gasteiger partial charge on any atom is 0.187 e. The molecule has 59 heavy (non-hydrogen) atoms. The Labute approximate surface area is 341 Å². The molecular formula is C32H59NO25S. The molecule has 4 fully saturated rings. The van der Waals surface area contributed by atoms with Crippen molar-refractivity contribution in [1.82, 2.24) is 5.32 Å². The van der Waals surface area contributed by atoms with Crippen LogP contribution >= 0.6 is 12.6 Å². The quantitative estimate of drug-likeness (QED) is 0.0398. The summed E-state index contributed by atoms with van der Waals surface area (Å²) in [7, 11) is 0. The lowest BCUT2D eigenvalue weighted by molar-refractivity contribution is -0.390. The lowest BCUT2D eigenvalue weighted by Crippen LogP contribution is -2.67. The van der Waals surface area contributed by atoms with Gasteiger partial charge in [-0.25, -0.2) is 0 Å². The highest BCUT2D eigenvalue weighted by Gasteiger charge is 2.55. The molecule has 4 aliphatic heterocycles. The highest BCUT2D eigenvalue weighted by molar-refractivity contribution is 7.80. The van der Waals surface area contributed by atoms with E-state index in [1.54, 1.807) is 0 Å². The highest BCUT2D eigenvalue weighted by Crippen LogP contribution is 2.35. The minimum Gasteiger partial charge on any atom is -0.394 e. The van der Waals surface area contributed by atoms with E-state index in [0.29, 0.717) is 12.3 Å². The number of rotatable bonds is 20. The van der Waals surface area contributed by atoms with Crippen LogP contribution in [0.4, 0.5) is 0 Å². The van der Waals surface area contributed by atoms with Crippen molar-refractivity contribution in [2.45, 2.75) is 147 Å². The number of aliphatic hydroxyl groups is 17. The van der Waals surface area contributed by atoms with Crippen LogP contribution in [0.15, 0.2) is 0 Å². The van der Waals surface area contributed by atoms with Gasteiger partial charge in [0.05, 0.1) is 39.1 Å². The van der Waals surface area contributed by atoms with Crippen LogP contribution in [0.5, 0.6) is 0 Å². The molecule has 0 radical (unpaired) electrons. The van der Waals surface area contributed by atoms with Gasteiger partial charge >= 0.3 is 0 Å². The van der Waals surface area contributed by atoms with E-state index in [-0.39, 0.29) is 6.54 Å². The average molecular weight is 890 g/mol. The number of hydrogen-bond donors (Lipinski definition) is 19. The van der Waals surface area contributed by atoms with Gasteiger partial charge in [0, 0.05) is 18.8 Å². The van der Waals surface area contributed by atoms with Crippen LogP contribution in [-0.2, 0) is 37.9 Å². The monoisotopic (exact) mass is 889 g/mol. The summed E-state index contributed by atoms with van der Waals surface area (Å²) in [4.78, 5) is 0. The fourth-order valence-corrected chi connectivity index (χ4v) is 7.13. The summed E-state index contributed by atoms with van der Waals surface area (Å²) >= 11 is 4.01. The summed E-state index contributed by atoms with van der Waals surface area (Å²) in [6.45, 7) is -4.55. The van der Waals surface area contributed by atoms with Crippen molar-refractivity contribution in [2.24, 2.45) is 0 Å². The van der Waals surface area contributed by atoms with Gasteiger partial charge in [0.2, 0.25) is 0 Å². The van der Waals surface area contributed by atoms with Crippen LogP contribution in [0.1, 0.15) is 0 Å². The van der Waals surface area contributed by atoms with Crippen molar-refractivity contribution in [2.75, 3.05) is 51.9 Å². The lowest BCUT2D eigenvalue weighted by atomic mass is 9.95. The lowest BCUT2D eigenvalue weighted by Gasteiger charge is -2.49. The smallest absolute Gasteiger partial charge is 0.187 e. The van der Waals surface area contributed by atoms with Crippen molar-refractivity contribution in [3.05, 3.63) is 0 Å². The number of nitrogens with one attached hydrogen (secondary N) is 1. The third-order valence-corrected chi connectivity index (χ3v) is 10.6. The summed E-state index contributed by atoms with van der Waals surface area (Å²) in [6.07, 6.45) is -44.4. The standard InChI is InChI=1S/C32H59NO25S/c34-4-10(40)25(15(41)9(39)3-33-1-2-59)55-30-22(48)18(44)27(12(6-36)52-30)57-32-24(50)20(46)28(14(8-38)54-32)58-31-23(49)19(45)26(13(7-37)53-31)56-29-21(47)17(43)16(42)11(5-35)51-29/h9-50,59H,1-8H2/t9-,10+,11+,12+,13+,14+,15+,16+,17-,18+,19+,20+,21+,22+,23+,24+,25+,26+,27+,28+,29+,30+,31+,32+/m0/s1. The summed E-state index contributed by atoms with van der Waals surface area (Å²) in [5, 5.41) is 180. The molecule has 4 aliphatic rings. The normalized spacial score (nSPS) is 45.5. The van der Waals surface area contributed by atoms with Gasteiger partial charge in [-0.05, 0) is 0 Å².